The van der Waals surface area contributed by atoms with Crippen molar-refractivity contribution in [1.82, 2.24) is 15.5 Å². The van der Waals surface area contributed by atoms with E-state index in [1.807, 2.05) is 42.5 Å². The second-order valence-electron chi connectivity index (χ2n) is 6.82. The van der Waals surface area contributed by atoms with Gasteiger partial charge in [0.05, 0.1) is 13.2 Å². The minimum Gasteiger partial charge on any atom is -0.492 e. The summed E-state index contributed by atoms with van der Waals surface area (Å²) in [6.45, 7) is 6.45. The number of para-hydroxylation sites is 1. The standard InChI is InChI=1S/C22H29ClN4O2/c1-24-22(25-16-18-6-8-20(23)9-7-18)26-17-19-4-2-3-5-21(19)29-15-12-27-10-13-28-14-11-27/h2-9H,10-17H2,1H3,(H2,24,25,26). The number of aliphatic imine (C=N–C) groups is 1. The molecule has 1 fully saturated rings. The summed E-state index contributed by atoms with van der Waals surface area (Å²) < 4.78 is 11.4. The number of ether oxygens (including phenoxy) is 2. The number of nitrogens with one attached hydrogen (secondary N) is 2. The summed E-state index contributed by atoms with van der Waals surface area (Å²) in [5, 5.41) is 7.41. The Morgan fingerprint density at radius 3 is 2.55 bits per heavy atom. The van der Waals surface area contributed by atoms with Crippen molar-refractivity contribution in [2.45, 2.75) is 13.1 Å². The van der Waals surface area contributed by atoms with Gasteiger partial charge >= 0.3 is 0 Å². The molecule has 7 heteroatoms. The molecule has 1 aliphatic heterocycles. The first-order valence-electron chi connectivity index (χ1n) is 9.94. The maximum absolute atomic E-state index is 6.05. The van der Waals surface area contributed by atoms with Crippen LogP contribution in [-0.4, -0.2) is 57.4 Å². The van der Waals surface area contributed by atoms with Gasteiger partial charge < -0.3 is 20.1 Å². The van der Waals surface area contributed by atoms with Gasteiger partial charge in [0.2, 0.25) is 0 Å². The van der Waals surface area contributed by atoms with Crippen molar-refractivity contribution >= 4 is 17.6 Å². The van der Waals surface area contributed by atoms with Crippen molar-refractivity contribution < 1.29 is 9.47 Å². The van der Waals surface area contributed by atoms with E-state index in [1.165, 1.54) is 0 Å². The van der Waals surface area contributed by atoms with E-state index in [-0.39, 0.29) is 0 Å². The molecule has 3 rings (SSSR count). The van der Waals surface area contributed by atoms with Gasteiger partial charge in [-0.2, -0.15) is 0 Å². The molecule has 156 valence electrons. The van der Waals surface area contributed by atoms with Crippen LogP contribution in [0.2, 0.25) is 5.02 Å². The van der Waals surface area contributed by atoms with Gasteiger partial charge in [-0.25, -0.2) is 0 Å². The first-order chi connectivity index (χ1) is 14.2. The summed E-state index contributed by atoms with van der Waals surface area (Å²) >= 11 is 5.94. The highest BCUT2D eigenvalue weighted by molar-refractivity contribution is 6.30. The van der Waals surface area contributed by atoms with Crippen LogP contribution in [0.25, 0.3) is 0 Å². The molecule has 1 saturated heterocycles. The zero-order valence-corrected chi connectivity index (χ0v) is 17.6. The fourth-order valence-electron chi connectivity index (χ4n) is 3.09. The SMILES string of the molecule is CN=C(NCc1ccc(Cl)cc1)NCc1ccccc1OCCN1CCOCC1. The van der Waals surface area contributed by atoms with Crippen LogP contribution < -0.4 is 15.4 Å². The third kappa shape index (κ3) is 7.24. The highest BCUT2D eigenvalue weighted by atomic mass is 35.5. The molecule has 0 radical (unpaired) electrons. The number of benzene rings is 2. The van der Waals surface area contributed by atoms with E-state index in [0.717, 1.165) is 60.7 Å². The minimum atomic E-state index is 0.633. The Bertz CT molecular complexity index is 777. The van der Waals surface area contributed by atoms with Gasteiger partial charge in [0, 0.05) is 50.4 Å². The van der Waals surface area contributed by atoms with Gasteiger partial charge in [-0.05, 0) is 23.8 Å². The molecule has 6 nitrogen and oxygen atoms in total. The number of nitrogens with zero attached hydrogens (tertiary/aromatic N) is 2. The molecule has 1 heterocycles. The molecule has 1 aliphatic rings. The molecule has 29 heavy (non-hydrogen) atoms. The molecule has 0 aliphatic carbocycles. The zero-order chi connectivity index (χ0) is 20.3. The first kappa shape index (κ1) is 21.4. The molecule has 0 unspecified atom stereocenters. The van der Waals surface area contributed by atoms with Crippen LogP contribution in [0, 0.1) is 0 Å². The number of guanidine groups is 1. The summed E-state index contributed by atoms with van der Waals surface area (Å²) in [5.74, 6) is 1.64. The quantitative estimate of drug-likeness (QED) is 0.512. The lowest BCUT2D eigenvalue weighted by Gasteiger charge is -2.26. The molecule has 0 aromatic heterocycles. The summed E-state index contributed by atoms with van der Waals surface area (Å²) in [4.78, 5) is 6.67. The van der Waals surface area contributed by atoms with Crippen molar-refractivity contribution in [1.29, 1.82) is 0 Å². The number of morpholine rings is 1. The molecule has 0 saturated carbocycles. The Hall–Kier alpha value is -2.28. The van der Waals surface area contributed by atoms with Crippen molar-refractivity contribution in [3.63, 3.8) is 0 Å². The van der Waals surface area contributed by atoms with Gasteiger partial charge in [0.25, 0.3) is 0 Å². The lowest BCUT2D eigenvalue weighted by Crippen LogP contribution is -2.38. The van der Waals surface area contributed by atoms with Gasteiger partial charge in [-0.1, -0.05) is 41.9 Å². The van der Waals surface area contributed by atoms with Crippen molar-refractivity contribution in [3.8, 4) is 5.75 Å². The Morgan fingerprint density at radius 1 is 1.07 bits per heavy atom. The largest absolute Gasteiger partial charge is 0.492 e. The molecule has 2 aromatic carbocycles. The monoisotopic (exact) mass is 416 g/mol. The lowest BCUT2D eigenvalue weighted by molar-refractivity contribution is 0.0322. The van der Waals surface area contributed by atoms with Crippen LogP contribution in [0.5, 0.6) is 5.75 Å². The summed E-state index contributed by atoms with van der Waals surface area (Å²) in [5.41, 5.74) is 2.24. The van der Waals surface area contributed by atoms with Crippen LogP contribution in [0.4, 0.5) is 0 Å². The van der Waals surface area contributed by atoms with Crippen LogP contribution in [-0.2, 0) is 17.8 Å². The fourth-order valence-corrected chi connectivity index (χ4v) is 3.21. The molecule has 0 bridgehead atoms. The highest BCUT2D eigenvalue weighted by Gasteiger charge is 2.10. The van der Waals surface area contributed by atoms with E-state index in [4.69, 9.17) is 21.1 Å². The van der Waals surface area contributed by atoms with Crippen LogP contribution in [0.3, 0.4) is 0 Å². The van der Waals surface area contributed by atoms with Crippen molar-refractivity contribution in [3.05, 3.63) is 64.7 Å². The van der Waals surface area contributed by atoms with Crippen molar-refractivity contribution in [2.75, 3.05) is 46.5 Å². The molecule has 2 aromatic rings. The minimum absolute atomic E-state index is 0.633. The topological polar surface area (TPSA) is 58.1 Å². The van der Waals surface area contributed by atoms with E-state index in [1.54, 1.807) is 7.05 Å². The predicted molar refractivity (Wildman–Crippen MR) is 118 cm³/mol. The third-order valence-corrected chi connectivity index (χ3v) is 5.04. The Morgan fingerprint density at radius 2 is 1.79 bits per heavy atom. The Balaban J connectivity index is 1.46. The van der Waals surface area contributed by atoms with Gasteiger partial charge in [-0.3, -0.25) is 9.89 Å². The summed E-state index contributed by atoms with van der Waals surface area (Å²) in [7, 11) is 1.77. The van der Waals surface area contributed by atoms with Crippen molar-refractivity contribution in [2.24, 2.45) is 4.99 Å². The van der Waals surface area contributed by atoms with E-state index in [0.29, 0.717) is 19.7 Å². The van der Waals surface area contributed by atoms with E-state index in [2.05, 4.69) is 26.6 Å². The Labute approximate surface area is 177 Å². The van der Waals surface area contributed by atoms with Crippen LogP contribution in [0.1, 0.15) is 11.1 Å². The van der Waals surface area contributed by atoms with Crippen LogP contribution >= 0.6 is 11.6 Å². The molecule has 0 spiro atoms. The average Bonchev–Trinajstić information content (AvgIpc) is 2.77. The van der Waals surface area contributed by atoms with Crippen LogP contribution in [0.15, 0.2) is 53.5 Å². The second-order valence-corrected chi connectivity index (χ2v) is 7.25. The smallest absolute Gasteiger partial charge is 0.191 e. The van der Waals surface area contributed by atoms with E-state index >= 15 is 0 Å². The van der Waals surface area contributed by atoms with Gasteiger partial charge in [0.15, 0.2) is 5.96 Å². The normalized spacial score (nSPS) is 15.2. The van der Waals surface area contributed by atoms with Gasteiger partial charge in [-0.15, -0.1) is 0 Å². The summed E-state index contributed by atoms with van der Waals surface area (Å²) in [6.07, 6.45) is 0. The molecule has 0 atom stereocenters. The molecule has 0 amide bonds. The predicted octanol–water partition coefficient (Wildman–Crippen LogP) is 2.92. The number of halogens is 1. The zero-order valence-electron chi connectivity index (χ0n) is 16.9. The maximum Gasteiger partial charge on any atom is 0.191 e. The molecular weight excluding hydrogens is 388 g/mol. The number of hydrogen-bond donors (Lipinski definition) is 2. The third-order valence-electron chi connectivity index (χ3n) is 4.78. The highest BCUT2D eigenvalue weighted by Crippen LogP contribution is 2.17. The Kier molecular flexibility index (Phi) is 8.61. The fraction of sp³-hybridized carbons (Fsp3) is 0.409. The average molecular weight is 417 g/mol. The second kappa shape index (κ2) is 11.7. The molecular formula is C22H29ClN4O2. The lowest BCUT2D eigenvalue weighted by atomic mass is 10.2. The van der Waals surface area contributed by atoms with Gasteiger partial charge in [0.1, 0.15) is 12.4 Å². The van der Waals surface area contributed by atoms with E-state index < -0.39 is 0 Å². The molecule has 2 N–H and O–H groups in total. The number of rotatable bonds is 8. The number of hydrogen-bond acceptors (Lipinski definition) is 4. The van der Waals surface area contributed by atoms with E-state index in [9.17, 15) is 0 Å². The first-order valence-corrected chi connectivity index (χ1v) is 10.3. The maximum atomic E-state index is 6.05. The summed E-state index contributed by atoms with van der Waals surface area (Å²) in [6, 6.07) is 15.9.